The Labute approximate surface area is 80.9 Å². The molecular formula is C12H7NO. The first-order valence-corrected chi connectivity index (χ1v) is 4.35. The van der Waals surface area contributed by atoms with Crippen LogP contribution in [0.2, 0.25) is 0 Å². The summed E-state index contributed by atoms with van der Waals surface area (Å²) >= 11 is 0. The number of nitrogens with two attached hydrogens (primary N) is 1. The van der Waals surface area contributed by atoms with Gasteiger partial charge in [0.05, 0.1) is 5.39 Å². The molecule has 66 valence electrons. The van der Waals surface area contributed by atoms with Crippen molar-refractivity contribution in [1.82, 2.24) is 0 Å². The molecule has 0 radical (unpaired) electrons. The molecule has 0 bridgehead atoms. The van der Waals surface area contributed by atoms with Crippen molar-refractivity contribution in [1.29, 1.82) is 0 Å². The molecule has 2 N–H and O–H groups in total. The Bertz CT molecular complexity index is 610. The molecule has 1 heterocycles. The SMILES string of the molecule is Nc1cccc2oc3c#cccc3c12. The molecule has 3 rings (SSSR count). The van der Waals surface area contributed by atoms with Gasteiger partial charge >= 0.3 is 0 Å². The Hall–Kier alpha value is -2.14. The first kappa shape index (κ1) is 7.28. The Balaban J connectivity index is 2.65. The van der Waals surface area contributed by atoms with Crippen LogP contribution in [0.5, 0.6) is 0 Å². The summed E-state index contributed by atoms with van der Waals surface area (Å²) in [6.45, 7) is 0. The molecule has 0 saturated heterocycles. The molecular weight excluding hydrogens is 174 g/mol. The summed E-state index contributed by atoms with van der Waals surface area (Å²) in [5.41, 5.74) is 8.13. The van der Waals surface area contributed by atoms with E-state index in [9.17, 15) is 0 Å². The molecule has 0 aliphatic carbocycles. The summed E-state index contributed by atoms with van der Waals surface area (Å²) in [4.78, 5) is 0. The molecule has 0 fully saturated rings. The molecule has 14 heavy (non-hydrogen) atoms. The van der Waals surface area contributed by atoms with Gasteiger partial charge in [0.2, 0.25) is 0 Å². The van der Waals surface area contributed by atoms with Crippen LogP contribution in [-0.4, -0.2) is 0 Å². The summed E-state index contributed by atoms with van der Waals surface area (Å²) in [6.07, 6.45) is 0. The fourth-order valence-corrected chi connectivity index (χ4v) is 1.68. The molecule has 0 atom stereocenters. The maximum atomic E-state index is 5.88. The molecule has 0 spiro atoms. The highest BCUT2D eigenvalue weighted by Crippen LogP contribution is 2.31. The highest BCUT2D eigenvalue weighted by molar-refractivity contribution is 6.10. The summed E-state index contributed by atoms with van der Waals surface area (Å²) in [7, 11) is 0. The predicted molar refractivity (Wildman–Crippen MR) is 55.8 cm³/mol. The van der Waals surface area contributed by atoms with Crippen LogP contribution in [0.1, 0.15) is 0 Å². The van der Waals surface area contributed by atoms with Gasteiger partial charge in [0.1, 0.15) is 5.58 Å². The zero-order chi connectivity index (χ0) is 9.54. The van der Waals surface area contributed by atoms with E-state index in [1.807, 2.05) is 30.3 Å². The van der Waals surface area contributed by atoms with Crippen LogP contribution in [0.25, 0.3) is 21.9 Å². The molecule has 2 heteroatoms. The van der Waals surface area contributed by atoms with Crippen LogP contribution in [0, 0.1) is 12.1 Å². The third kappa shape index (κ3) is 0.813. The van der Waals surface area contributed by atoms with Crippen LogP contribution in [0.15, 0.2) is 34.7 Å². The standard InChI is InChI=1S/C12H7NO/c13-9-5-3-7-11-12(9)8-4-1-2-6-10(8)14-11/h1,3-5,7H,13H2. The van der Waals surface area contributed by atoms with Crippen molar-refractivity contribution in [2.24, 2.45) is 0 Å². The van der Waals surface area contributed by atoms with Crippen molar-refractivity contribution in [3.63, 3.8) is 0 Å². The summed E-state index contributed by atoms with van der Waals surface area (Å²) in [5, 5.41) is 1.96. The van der Waals surface area contributed by atoms with Crippen molar-refractivity contribution in [2.45, 2.75) is 0 Å². The average molecular weight is 181 g/mol. The Morgan fingerprint density at radius 1 is 1.21 bits per heavy atom. The van der Waals surface area contributed by atoms with Crippen molar-refractivity contribution < 1.29 is 4.42 Å². The van der Waals surface area contributed by atoms with Crippen LogP contribution in [0.3, 0.4) is 0 Å². The third-order valence-corrected chi connectivity index (χ3v) is 2.30. The lowest BCUT2D eigenvalue weighted by Gasteiger charge is -1.92. The first-order chi connectivity index (χ1) is 6.86. The second-order valence-electron chi connectivity index (χ2n) is 3.17. The minimum atomic E-state index is 0.709. The monoisotopic (exact) mass is 181 g/mol. The minimum absolute atomic E-state index is 0.709. The van der Waals surface area contributed by atoms with Crippen molar-refractivity contribution in [3.05, 3.63) is 42.5 Å². The van der Waals surface area contributed by atoms with Crippen LogP contribution in [-0.2, 0) is 0 Å². The van der Waals surface area contributed by atoms with E-state index in [2.05, 4.69) is 12.1 Å². The number of rotatable bonds is 0. The van der Waals surface area contributed by atoms with Gasteiger partial charge in [-0.15, -0.1) is 0 Å². The number of hydrogen-bond donors (Lipinski definition) is 1. The van der Waals surface area contributed by atoms with Gasteiger partial charge in [-0.05, 0) is 30.3 Å². The van der Waals surface area contributed by atoms with E-state index in [0.717, 1.165) is 22.0 Å². The lowest BCUT2D eigenvalue weighted by Crippen LogP contribution is -1.83. The highest BCUT2D eigenvalue weighted by Gasteiger charge is 2.07. The molecule has 0 aliphatic heterocycles. The molecule has 0 saturated carbocycles. The van der Waals surface area contributed by atoms with E-state index in [1.54, 1.807) is 0 Å². The van der Waals surface area contributed by atoms with Crippen molar-refractivity contribution >= 4 is 27.6 Å². The largest absolute Gasteiger partial charge is 0.447 e. The lowest BCUT2D eigenvalue weighted by molar-refractivity contribution is 0.669. The Morgan fingerprint density at radius 3 is 3.07 bits per heavy atom. The summed E-state index contributed by atoms with van der Waals surface area (Å²) in [6, 6.07) is 15.2. The van der Waals surface area contributed by atoms with E-state index >= 15 is 0 Å². The number of anilines is 1. The second kappa shape index (κ2) is 2.43. The molecule has 0 unspecified atom stereocenters. The molecule has 1 aromatic heterocycles. The Kier molecular flexibility index (Phi) is 1.26. The van der Waals surface area contributed by atoms with Gasteiger partial charge < -0.3 is 10.2 Å². The maximum absolute atomic E-state index is 5.88. The smallest absolute Gasteiger partial charge is 0.185 e. The van der Waals surface area contributed by atoms with Crippen LogP contribution < -0.4 is 5.73 Å². The van der Waals surface area contributed by atoms with Gasteiger partial charge in [-0.2, -0.15) is 0 Å². The summed E-state index contributed by atoms with van der Waals surface area (Å²) in [5.74, 6) is 0. The predicted octanol–water partition coefficient (Wildman–Crippen LogP) is 2.77. The van der Waals surface area contributed by atoms with E-state index in [0.29, 0.717) is 5.58 Å². The fourth-order valence-electron chi connectivity index (χ4n) is 1.68. The Morgan fingerprint density at radius 2 is 2.14 bits per heavy atom. The number of nitrogen functional groups attached to an aromatic ring is 1. The van der Waals surface area contributed by atoms with Gasteiger partial charge in [-0.3, -0.25) is 0 Å². The van der Waals surface area contributed by atoms with Crippen molar-refractivity contribution in [3.8, 4) is 0 Å². The normalized spacial score (nSPS) is 10.6. The molecule has 2 nitrogen and oxygen atoms in total. The zero-order valence-electron chi connectivity index (χ0n) is 7.37. The molecule has 0 amide bonds. The van der Waals surface area contributed by atoms with E-state index < -0.39 is 0 Å². The summed E-state index contributed by atoms with van der Waals surface area (Å²) < 4.78 is 5.57. The number of hydrogen-bond acceptors (Lipinski definition) is 2. The highest BCUT2D eigenvalue weighted by atomic mass is 16.3. The number of benzene rings is 1. The van der Waals surface area contributed by atoms with Gasteiger partial charge in [0.15, 0.2) is 5.58 Å². The van der Waals surface area contributed by atoms with E-state index in [1.165, 1.54) is 0 Å². The van der Waals surface area contributed by atoms with Gasteiger partial charge in [0, 0.05) is 11.1 Å². The first-order valence-electron chi connectivity index (χ1n) is 4.35. The molecule has 0 aliphatic rings. The van der Waals surface area contributed by atoms with Gasteiger partial charge in [0.25, 0.3) is 0 Å². The zero-order valence-corrected chi connectivity index (χ0v) is 7.37. The number of furan rings is 1. The second-order valence-corrected chi connectivity index (χ2v) is 3.17. The van der Waals surface area contributed by atoms with Crippen LogP contribution in [0.4, 0.5) is 5.69 Å². The van der Waals surface area contributed by atoms with Gasteiger partial charge in [-0.25, -0.2) is 0 Å². The number of fused-ring (bicyclic) bond motifs is 3. The lowest BCUT2D eigenvalue weighted by atomic mass is 10.1. The fraction of sp³-hybridized carbons (Fsp3) is 0. The van der Waals surface area contributed by atoms with E-state index in [4.69, 9.17) is 10.2 Å². The minimum Gasteiger partial charge on any atom is -0.447 e. The average Bonchev–Trinajstić information content (AvgIpc) is 2.57. The topological polar surface area (TPSA) is 39.2 Å². The van der Waals surface area contributed by atoms with E-state index in [-0.39, 0.29) is 0 Å². The van der Waals surface area contributed by atoms with Gasteiger partial charge in [-0.1, -0.05) is 12.1 Å². The molecule has 3 aromatic rings. The molecule has 2 aromatic carbocycles. The van der Waals surface area contributed by atoms with Crippen molar-refractivity contribution in [2.75, 3.05) is 5.73 Å². The third-order valence-electron chi connectivity index (χ3n) is 2.30. The quantitative estimate of drug-likeness (QED) is 0.541. The van der Waals surface area contributed by atoms with Crippen LogP contribution >= 0.6 is 0 Å². The maximum Gasteiger partial charge on any atom is 0.185 e.